The van der Waals surface area contributed by atoms with Crippen molar-refractivity contribution in [3.63, 3.8) is 0 Å². The van der Waals surface area contributed by atoms with E-state index in [0.717, 1.165) is 0 Å². The Morgan fingerprint density at radius 3 is 1.68 bits per heavy atom. The maximum Gasteiger partial charge on any atom is 0.419 e. The number of epoxide rings is 2. The number of hydrogen-bond donors (Lipinski definition) is 0. The molecule has 2 aliphatic heterocycles. The van der Waals surface area contributed by atoms with Crippen LogP contribution in [0.3, 0.4) is 0 Å². The first-order chi connectivity index (χ1) is 13.0. The van der Waals surface area contributed by atoms with Crippen molar-refractivity contribution in [3.8, 4) is 0 Å². The molecule has 4 nitrogen and oxygen atoms in total. The highest BCUT2D eigenvalue weighted by Crippen LogP contribution is 2.46. The van der Waals surface area contributed by atoms with Crippen LogP contribution in [0, 0.1) is 11.8 Å². The quantitative estimate of drug-likeness (QED) is 0.412. The van der Waals surface area contributed by atoms with Crippen LogP contribution in [-0.4, -0.2) is 55.8 Å². The van der Waals surface area contributed by atoms with Crippen molar-refractivity contribution in [2.75, 3.05) is 13.2 Å². The van der Waals surface area contributed by atoms with Gasteiger partial charge in [-0.15, -0.1) is 0 Å². The van der Waals surface area contributed by atoms with E-state index in [4.69, 9.17) is 9.47 Å². The lowest BCUT2D eigenvalue weighted by Crippen LogP contribution is -2.48. The molecule has 10 heteroatoms. The van der Waals surface area contributed by atoms with Gasteiger partial charge in [-0.3, -0.25) is 0 Å². The number of halogens is 6. The zero-order valence-corrected chi connectivity index (χ0v) is 15.2. The number of alkyl halides is 6. The van der Waals surface area contributed by atoms with Gasteiger partial charge in [-0.1, -0.05) is 0 Å². The SMILES string of the molecule is FC(F)(CC(F)(F)C(F)(F)OCC1CCC2OC2C1)OCC1CCC2OC2C1. The van der Waals surface area contributed by atoms with Gasteiger partial charge in [0.1, 0.15) is 6.42 Å². The first-order valence-electron chi connectivity index (χ1n) is 9.77. The normalized spacial score (nSPS) is 37.9. The molecule has 0 aromatic carbocycles. The summed E-state index contributed by atoms with van der Waals surface area (Å²) in [6.45, 7) is -1.08. The van der Waals surface area contributed by atoms with Crippen molar-refractivity contribution in [1.29, 1.82) is 0 Å². The molecule has 0 aromatic heterocycles. The summed E-state index contributed by atoms with van der Waals surface area (Å²) >= 11 is 0. The third kappa shape index (κ3) is 4.76. The molecule has 0 spiro atoms. The molecule has 0 bridgehead atoms. The van der Waals surface area contributed by atoms with Crippen molar-refractivity contribution in [1.82, 2.24) is 0 Å². The second kappa shape index (κ2) is 7.28. The molecule has 4 aliphatic rings. The molecule has 2 aliphatic carbocycles. The highest BCUT2D eigenvalue weighted by molar-refractivity contribution is 4.93. The number of ether oxygens (including phenoxy) is 4. The monoisotopic (exact) mass is 418 g/mol. The van der Waals surface area contributed by atoms with E-state index in [1.165, 1.54) is 0 Å². The topological polar surface area (TPSA) is 43.5 Å². The summed E-state index contributed by atoms with van der Waals surface area (Å²) in [6.07, 6.45) is -8.05. The van der Waals surface area contributed by atoms with Crippen LogP contribution in [0.2, 0.25) is 0 Å². The maximum absolute atomic E-state index is 13.9. The fourth-order valence-electron chi connectivity index (χ4n) is 4.26. The van der Waals surface area contributed by atoms with Crippen molar-refractivity contribution < 1.29 is 45.3 Å². The molecule has 28 heavy (non-hydrogen) atoms. The fraction of sp³-hybridized carbons (Fsp3) is 1.00. The van der Waals surface area contributed by atoms with Gasteiger partial charge in [-0.05, 0) is 50.4 Å². The summed E-state index contributed by atoms with van der Waals surface area (Å²) in [7, 11) is 0. The van der Waals surface area contributed by atoms with Crippen molar-refractivity contribution in [3.05, 3.63) is 0 Å². The van der Waals surface area contributed by atoms with Gasteiger partial charge in [0, 0.05) is 0 Å². The van der Waals surface area contributed by atoms with Crippen LogP contribution in [-0.2, 0) is 18.9 Å². The molecule has 0 radical (unpaired) electrons. The summed E-state index contributed by atoms with van der Waals surface area (Å²) in [4.78, 5) is 0. The fourth-order valence-corrected chi connectivity index (χ4v) is 4.26. The van der Waals surface area contributed by atoms with Crippen LogP contribution >= 0.6 is 0 Å². The molecule has 162 valence electrons. The standard InChI is InChI=1S/C18H24F6O4/c19-16(20,18(23,24)26-8-11-2-4-13-15(6-11)28-13)9-17(21,22)25-7-10-1-3-12-14(5-10)27-12/h10-15H,1-9H2. The lowest BCUT2D eigenvalue weighted by Gasteiger charge is -2.31. The van der Waals surface area contributed by atoms with E-state index in [9.17, 15) is 26.3 Å². The Morgan fingerprint density at radius 2 is 1.18 bits per heavy atom. The summed E-state index contributed by atoms with van der Waals surface area (Å²) < 4.78 is 102. The van der Waals surface area contributed by atoms with Crippen LogP contribution < -0.4 is 0 Å². The van der Waals surface area contributed by atoms with Crippen LogP contribution in [0.25, 0.3) is 0 Å². The van der Waals surface area contributed by atoms with Gasteiger partial charge in [-0.25, -0.2) is 0 Å². The average Bonchev–Trinajstić information content (AvgIpc) is 3.50. The lowest BCUT2D eigenvalue weighted by atomic mass is 9.90. The Kier molecular flexibility index (Phi) is 5.38. The van der Waals surface area contributed by atoms with Crippen LogP contribution in [0.1, 0.15) is 44.9 Å². The molecule has 2 saturated heterocycles. The Labute approximate surface area is 158 Å². The number of hydrogen-bond acceptors (Lipinski definition) is 4. The zero-order chi connectivity index (χ0) is 20.2. The van der Waals surface area contributed by atoms with Gasteiger partial charge in [0.15, 0.2) is 0 Å². The van der Waals surface area contributed by atoms with E-state index < -0.39 is 37.8 Å². The highest BCUT2D eigenvalue weighted by Gasteiger charge is 2.63. The van der Waals surface area contributed by atoms with Crippen molar-refractivity contribution >= 4 is 0 Å². The first kappa shape index (κ1) is 20.7. The summed E-state index contributed by atoms with van der Waals surface area (Å²) in [5.41, 5.74) is 0. The van der Waals surface area contributed by atoms with E-state index in [1.54, 1.807) is 0 Å². The third-order valence-corrected chi connectivity index (χ3v) is 6.11. The smallest absolute Gasteiger partial charge is 0.370 e. The number of fused-ring (bicyclic) bond motifs is 2. The molecule has 2 saturated carbocycles. The molecule has 0 amide bonds. The summed E-state index contributed by atoms with van der Waals surface area (Å²) in [6, 6.07) is 0. The largest absolute Gasteiger partial charge is 0.419 e. The zero-order valence-electron chi connectivity index (χ0n) is 15.2. The predicted molar refractivity (Wildman–Crippen MR) is 83.4 cm³/mol. The second-order valence-corrected chi connectivity index (χ2v) is 8.44. The van der Waals surface area contributed by atoms with Crippen LogP contribution in [0.15, 0.2) is 0 Å². The predicted octanol–water partition coefficient (Wildman–Crippen LogP) is 4.37. The minimum atomic E-state index is -5.05. The molecule has 6 atom stereocenters. The van der Waals surface area contributed by atoms with E-state index >= 15 is 0 Å². The summed E-state index contributed by atoms with van der Waals surface area (Å²) in [5, 5.41) is 0. The Bertz CT molecular complexity index is 574. The highest BCUT2D eigenvalue weighted by atomic mass is 19.3. The Hall–Kier alpha value is -0.580. The van der Waals surface area contributed by atoms with E-state index in [1.807, 2.05) is 0 Å². The minimum absolute atomic E-state index is 0.0197. The Morgan fingerprint density at radius 1 is 0.679 bits per heavy atom. The van der Waals surface area contributed by atoms with E-state index in [-0.39, 0.29) is 36.3 Å². The second-order valence-electron chi connectivity index (χ2n) is 8.44. The van der Waals surface area contributed by atoms with Crippen LogP contribution in [0.4, 0.5) is 26.3 Å². The molecule has 4 rings (SSSR count). The molecule has 0 aromatic rings. The van der Waals surface area contributed by atoms with Gasteiger partial charge in [-0.2, -0.15) is 26.3 Å². The van der Waals surface area contributed by atoms with E-state index in [2.05, 4.69) is 9.47 Å². The molecule has 6 unspecified atom stereocenters. The average molecular weight is 418 g/mol. The maximum atomic E-state index is 13.9. The molecular formula is C18H24F6O4. The molecular weight excluding hydrogens is 394 g/mol. The summed E-state index contributed by atoms with van der Waals surface area (Å²) in [5.74, 6) is -5.65. The molecule has 0 N–H and O–H groups in total. The van der Waals surface area contributed by atoms with E-state index in [0.29, 0.717) is 38.5 Å². The minimum Gasteiger partial charge on any atom is -0.370 e. The Balaban J connectivity index is 1.24. The van der Waals surface area contributed by atoms with Crippen molar-refractivity contribution in [2.45, 2.75) is 87.5 Å². The molecule has 4 fully saturated rings. The third-order valence-electron chi connectivity index (χ3n) is 6.11. The molecule has 2 heterocycles. The number of rotatable bonds is 9. The van der Waals surface area contributed by atoms with Gasteiger partial charge in [0.25, 0.3) is 0 Å². The van der Waals surface area contributed by atoms with Gasteiger partial charge in [0.05, 0.1) is 37.6 Å². The van der Waals surface area contributed by atoms with Crippen molar-refractivity contribution in [2.24, 2.45) is 11.8 Å². The van der Waals surface area contributed by atoms with Crippen LogP contribution in [0.5, 0.6) is 0 Å². The first-order valence-corrected chi connectivity index (χ1v) is 9.77. The van der Waals surface area contributed by atoms with Gasteiger partial charge < -0.3 is 18.9 Å². The lowest BCUT2D eigenvalue weighted by molar-refractivity contribution is -0.379. The van der Waals surface area contributed by atoms with Gasteiger partial charge in [0.2, 0.25) is 0 Å². The van der Waals surface area contributed by atoms with Gasteiger partial charge >= 0.3 is 18.1 Å².